The van der Waals surface area contributed by atoms with Crippen molar-refractivity contribution in [3.05, 3.63) is 88.3 Å². The van der Waals surface area contributed by atoms with Crippen molar-refractivity contribution in [3.8, 4) is 0 Å². The molecule has 0 saturated heterocycles. The summed E-state index contributed by atoms with van der Waals surface area (Å²) in [5.41, 5.74) is 1.48. The average molecular weight is 517 g/mol. The molecule has 35 heavy (non-hydrogen) atoms. The number of hydrogen-bond donors (Lipinski definition) is 2. The summed E-state index contributed by atoms with van der Waals surface area (Å²) in [5, 5.41) is 10.6. The van der Waals surface area contributed by atoms with Crippen molar-refractivity contribution in [3.63, 3.8) is 0 Å². The van der Waals surface area contributed by atoms with E-state index in [1.807, 2.05) is 48.6 Å². The molecule has 0 spiro atoms. The first kappa shape index (κ1) is 24.8. The number of alkyl halides is 3. The Kier molecular flexibility index (Phi) is 7.77. The van der Waals surface area contributed by atoms with Crippen LogP contribution >= 0.6 is 23.4 Å². The van der Waals surface area contributed by atoms with Gasteiger partial charge in [0.1, 0.15) is 0 Å². The molecule has 0 aliphatic rings. The van der Waals surface area contributed by atoms with E-state index in [1.54, 1.807) is 18.0 Å². The summed E-state index contributed by atoms with van der Waals surface area (Å²) in [6.07, 6.45) is 1.58. The zero-order valence-corrected chi connectivity index (χ0v) is 19.8. The molecule has 0 radical (unpaired) electrons. The molecule has 5 nitrogen and oxygen atoms in total. The highest BCUT2D eigenvalue weighted by Gasteiger charge is 2.33. The van der Waals surface area contributed by atoms with Crippen LogP contribution < -0.4 is 5.32 Å². The van der Waals surface area contributed by atoms with E-state index in [9.17, 15) is 18.0 Å². The lowest BCUT2D eigenvalue weighted by atomic mass is 10.1. The van der Waals surface area contributed by atoms with Gasteiger partial charge in [-0.3, -0.25) is 14.9 Å². The minimum atomic E-state index is -4.62. The number of aromatic amines is 1. The second-order valence-electron chi connectivity index (χ2n) is 7.55. The van der Waals surface area contributed by atoms with Crippen molar-refractivity contribution >= 4 is 52.3 Å². The highest BCUT2D eigenvalue weighted by Crippen LogP contribution is 2.35. The maximum Gasteiger partial charge on any atom is 0.417 e. The molecule has 0 aliphatic carbocycles. The number of rotatable bonds is 8. The summed E-state index contributed by atoms with van der Waals surface area (Å²) in [6, 6.07) is 14.8. The highest BCUT2D eigenvalue weighted by molar-refractivity contribution is 7.99. The average Bonchev–Trinajstić information content (AvgIpc) is 3.25. The third-order valence-corrected chi connectivity index (χ3v) is 6.48. The first-order chi connectivity index (χ1) is 16.8. The number of pyridine rings is 1. The second-order valence-corrected chi connectivity index (χ2v) is 9.13. The first-order valence-electron chi connectivity index (χ1n) is 10.7. The van der Waals surface area contributed by atoms with Crippen molar-refractivity contribution in [1.29, 1.82) is 0 Å². The highest BCUT2D eigenvalue weighted by atomic mass is 35.5. The molecule has 2 aromatic carbocycles. The summed E-state index contributed by atoms with van der Waals surface area (Å²) in [7, 11) is 0. The van der Waals surface area contributed by atoms with Crippen LogP contribution in [0.3, 0.4) is 0 Å². The normalized spacial score (nSPS) is 11.9. The number of carbonyl (C=O) groups excluding carboxylic acids is 1. The van der Waals surface area contributed by atoms with E-state index in [0.29, 0.717) is 13.0 Å². The minimum Gasteiger partial charge on any atom is -0.352 e. The Morgan fingerprint density at radius 2 is 1.97 bits per heavy atom. The first-order valence-corrected chi connectivity index (χ1v) is 12.0. The molecule has 180 valence electrons. The van der Waals surface area contributed by atoms with Gasteiger partial charge in [-0.1, -0.05) is 17.7 Å². The molecule has 2 N–H and O–H groups in total. The van der Waals surface area contributed by atoms with E-state index in [1.165, 1.54) is 6.07 Å². The molecule has 0 aliphatic heterocycles. The number of hydrogen-bond acceptors (Lipinski definition) is 4. The maximum atomic E-state index is 13.0. The fourth-order valence-corrected chi connectivity index (χ4v) is 4.44. The number of nitrogens with zero attached hydrogens (tertiary/aromatic N) is 2. The van der Waals surface area contributed by atoms with Crippen molar-refractivity contribution in [1.82, 2.24) is 20.5 Å². The molecule has 4 rings (SSSR count). The molecule has 0 unspecified atom stereocenters. The Morgan fingerprint density at radius 3 is 2.74 bits per heavy atom. The van der Waals surface area contributed by atoms with E-state index < -0.39 is 22.7 Å². The van der Waals surface area contributed by atoms with E-state index in [-0.39, 0.29) is 5.56 Å². The molecule has 4 aromatic rings. The van der Waals surface area contributed by atoms with E-state index in [0.717, 1.165) is 45.1 Å². The third kappa shape index (κ3) is 6.43. The van der Waals surface area contributed by atoms with Crippen molar-refractivity contribution in [2.24, 2.45) is 0 Å². The summed E-state index contributed by atoms with van der Waals surface area (Å²) < 4.78 is 38.9. The molecule has 2 aromatic heterocycles. The smallest absolute Gasteiger partial charge is 0.352 e. The number of nitrogens with one attached hydrogen (secondary N) is 2. The Bertz CT molecular complexity index is 1360. The lowest BCUT2D eigenvalue weighted by Crippen LogP contribution is -2.25. The standard InChI is InChI=1S/C25H20ClF3N4OS/c26-21-9-5-16(14-20(21)25(27,28)29)24(34)31-12-3-13-35-18-7-8-19-22(32-33-23(19)15-18)10-6-17-4-1-2-11-30-17/h1-2,4-11,14-15H,3,12-13H2,(H,31,34)(H,32,33). The number of aromatic nitrogens is 3. The van der Waals surface area contributed by atoms with Gasteiger partial charge in [0.25, 0.3) is 5.91 Å². The van der Waals surface area contributed by atoms with Crippen LogP contribution in [-0.4, -0.2) is 33.4 Å². The molecule has 2 heterocycles. The Balaban J connectivity index is 1.27. The van der Waals surface area contributed by atoms with Gasteiger partial charge in [0, 0.05) is 28.6 Å². The van der Waals surface area contributed by atoms with Crippen LogP contribution in [0.2, 0.25) is 5.02 Å². The van der Waals surface area contributed by atoms with E-state index in [4.69, 9.17) is 11.6 Å². The van der Waals surface area contributed by atoms with E-state index >= 15 is 0 Å². The third-order valence-electron chi connectivity index (χ3n) is 5.07. The molecule has 0 atom stereocenters. The molecular weight excluding hydrogens is 497 g/mol. The van der Waals surface area contributed by atoms with Gasteiger partial charge in [0.15, 0.2) is 0 Å². The fraction of sp³-hybridized carbons (Fsp3) is 0.160. The lowest BCUT2D eigenvalue weighted by molar-refractivity contribution is -0.137. The summed E-state index contributed by atoms with van der Waals surface area (Å²) in [5.74, 6) is 0.156. The van der Waals surface area contributed by atoms with Crippen LogP contribution in [-0.2, 0) is 6.18 Å². The zero-order valence-electron chi connectivity index (χ0n) is 18.3. The fourth-order valence-electron chi connectivity index (χ4n) is 3.33. The zero-order chi connectivity index (χ0) is 24.8. The quantitative estimate of drug-likeness (QED) is 0.202. The number of halogens is 4. The molecule has 0 bridgehead atoms. The van der Waals surface area contributed by atoms with Crippen molar-refractivity contribution in [2.45, 2.75) is 17.5 Å². The van der Waals surface area contributed by atoms with Gasteiger partial charge in [-0.2, -0.15) is 18.3 Å². The minimum absolute atomic E-state index is 0.0769. The number of carbonyl (C=O) groups is 1. The molecule has 10 heteroatoms. The Hall–Kier alpha value is -3.30. The number of fused-ring (bicyclic) bond motifs is 1. The van der Waals surface area contributed by atoms with Crippen LogP contribution in [0.4, 0.5) is 13.2 Å². The second kappa shape index (κ2) is 11.0. The summed E-state index contributed by atoms with van der Waals surface area (Å²) >= 11 is 7.22. The molecule has 1 amide bonds. The monoisotopic (exact) mass is 516 g/mol. The van der Waals surface area contributed by atoms with Gasteiger partial charge < -0.3 is 5.32 Å². The van der Waals surface area contributed by atoms with Crippen molar-refractivity contribution in [2.75, 3.05) is 12.3 Å². The summed E-state index contributed by atoms with van der Waals surface area (Å²) in [4.78, 5) is 17.5. The van der Waals surface area contributed by atoms with Gasteiger partial charge >= 0.3 is 6.18 Å². The SMILES string of the molecule is O=C(NCCCSc1ccc2c(C=Cc3ccccn3)n[nH]c2c1)c1ccc(Cl)c(C(F)(F)F)c1. The number of H-pyrrole nitrogens is 1. The van der Waals surface area contributed by atoms with Crippen LogP contribution in [0, 0.1) is 0 Å². The Labute approximate surface area is 208 Å². The summed E-state index contributed by atoms with van der Waals surface area (Å²) in [6.45, 7) is 0.338. The number of benzene rings is 2. The van der Waals surface area contributed by atoms with E-state index in [2.05, 4.69) is 20.5 Å². The predicted octanol–water partition coefficient (Wildman–Crippen LogP) is 6.71. The predicted molar refractivity (Wildman–Crippen MR) is 133 cm³/mol. The largest absolute Gasteiger partial charge is 0.417 e. The van der Waals surface area contributed by atoms with Crippen LogP contribution in [0.15, 0.2) is 65.7 Å². The van der Waals surface area contributed by atoms with Gasteiger partial charge in [-0.25, -0.2) is 0 Å². The van der Waals surface area contributed by atoms with Gasteiger partial charge in [-0.05, 0) is 72.9 Å². The number of thioether (sulfide) groups is 1. The van der Waals surface area contributed by atoms with Crippen LogP contribution in [0.5, 0.6) is 0 Å². The van der Waals surface area contributed by atoms with Crippen molar-refractivity contribution < 1.29 is 18.0 Å². The molecule has 0 saturated carbocycles. The van der Waals surface area contributed by atoms with Crippen LogP contribution in [0.25, 0.3) is 23.1 Å². The van der Waals surface area contributed by atoms with Gasteiger partial charge in [-0.15, -0.1) is 11.8 Å². The molecule has 0 fully saturated rings. The van der Waals surface area contributed by atoms with Crippen LogP contribution in [0.1, 0.15) is 33.7 Å². The lowest BCUT2D eigenvalue weighted by Gasteiger charge is -2.11. The topological polar surface area (TPSA) is 70.7 Å². The number of amides is 1. The molecular formula is C25H20ClF3N4OS. The Morgan fingerprint density at radius 1 is 1.11 bits per heavy atom. The van der Waals surface area contributed by atoms with Gasteiger partial charge in [0.05, 0.1) is 27.5 Å². The van der Waals surface area contributed by atoms with Gasteiger partial charge in [0.2, 0.25) is 0 Å². The maximum absolute atomic E-state index is 13.0.